The quantitative estimate of drug-likeness (QED) is 0.821. The lowest BCUT2D eigenvalue weighted by molar-refractivity contribution is -0.124. The van der Waals surface area contributed by atoms with Crippen LogP contribution in [-0.2, 0) is 16.1 Å². The maximum absolute atomic E-state index is 12.8. The molecule has 4 heteroatoms. The predicted molar refractivity (Wildman–Crippen MR) is 106 cm³/mol. The first-order valence-electron chi connectivity index (χ1n) is 10.1. The molecule has 1 amide bonds. The molecule has 2 aliphatic rings. The van der Waals surface area contributed by atoms with E-state index in [1.54, 1.807) is 0 Å². The fourth-order valence-corrected chi connectivity index (χ4v) is 4.25. The van der Waals surface area contributed by atoms with E-state index in [0.717, 1.165) is 32.1 Å². The van der Waals surface area contributed by atoms with Crippen molar-refractivity contribution in [3.05, 3.63) is 71.8 Å². The van der Waals surface area contributed by atoms with E-state index in [9.17, 15) is 4.79 Å². The zero-order valence-corrected chi connectivity index (χ0v) is 15.6. The van der Waals surface area contributed by atoms with Gasteiger partial charge in [-0.3, -0.25) is 10.1 Å². The summed E-state index contributed by atoms with van der Waals surface area (Å²) in [6, 6.07) is 20.9. The molecule has 2 aromatic carbocycles. The third-order valence-electron chi connectivity index (χ3n) is 5.75. The number of rotatable bonds is 6. The van der Waals surface area contributed by atoms with Crippen LogP contribution in [0.4, 0.5) is 0 Å². The summed E-state index contributed by atoms with van der Waals surface area (Å²) in [6.07, 6.45) is 5.12. The van der Waals surface area contributed by atoms with E-state index in [1.165, 1.54) is 11.1 Å². The fourth-order valence-electron chi connectivity index (χ4n) is 4.25. The first kappa shape index (κ1) is 18.2. The smallest absolute Gasteiger partial charge is 0.237 e. The Morgan fingerprint density at radius 2 is 1.70 bits per heavy atom. The third-order valence-corrected chi connectivity index (χ3v) is 5.75. The van der Waals surface area contributed by atoms with Crippen molar-refractivity contribution in [2.24, 2.45) is 0 Å². The third kappa shape index (κ3) is 4.57. The highest BCUT2D eigenvalue weighted by molar-refractivity contribution is 5.82. The summed E-state index contributed by atoms with van der Waals surface area (Å²) >= 11 is 0. The molecular weight excluding hydrogens is 336 g/mol. The van der Waals surface area contributed by atoms with Crippen molar-refractivity contribution in [3.63, 3.8) is 0 Å². The van der Waals surface area contributed by atoms with Gasteiger partial charge in [0.1, 0.15) is 0 Å². The minimum Gasteiger partial charge on any atom is -0.371 e. The SMILES string of the molecule is O=C(N[C@@H]1CCC[C@H]1OCc1ccccc1)[C@H]1CC[C@H](c2ccccc2)N1. The van der Waals surface area contributed by atoms with Crippen LogP contribution in [0.1, 0.15) is 49.3 Å². The maximum atomic E-state index is 12.8. The maximum Gasteiger partial charge on any atom is 0.237 e. The van der Waals surface area contributed by atoms with Gasteiger partial charge in [-0.2, -0.15) is 0 Å². The molecule has 27 heavy (non-hydrogen) atoms. The zero-order chi connectivity index (χ0) is 18.5. The molecule has 1 saturated heterocycles. The number of amides is 1. The first-order chi connectivity index (χ1) is 13.3. The molecular formula is C23H28N2O2. The molecule has 2 N–H and O–H groups in total. The molecule has 0 bridgehead atoms. The zero-order valence-electron chi connectivity index (χ0n) is 15.6. The van der Waals surface area contributed by atoms with Gasteiger partial charge in [0.2, 0.25) is 5.91 Å². The van der Waals surface area contributed by atoms with Crippen molar-refractivity contribution in [3.8, 4) is 0 Å². The lowest BCUT2D eigenvalue weighted by Gasteiger charge is -2.23. The molecule has 0 spiro atoms. The van der Waals surface area contributed by atoms with Crippen molar-refractivity contribution in [2.45, 2.75) is 62.9 Å². The molecule has 4 nitrogen and oxygen atoms in total. The normalized spacial score (nSPS) is 27.6. The van der Waals surface area contributed by atoms with Crippen LogP contribution in [0.15, 0.2) is 60.7 Å². The fraction of sp³-hybridized carbons (Fsp3) is 0.435. The molecule has 1 saturated carbocycles. The second-order valence-corrected chi connectivity index (χ2v) is 7.64. The second kappa shape index (κ2) is 8.68. The second-order valence-electron chi connectivity index (χ2n) is 7.64. The molecule has 0 radical (unpaired) electrons. The summed E-state index contributed by atoms with van der Waals surface area (Å²) in [6.45, 7) is 0.607. The summed E-state index contributed by atoms with van der Waals surface area (Å²) in [4.78, 5) is 12.8. The van der Waals surface area contributed by atoms with Crippen LogP contribution in [0, 0.1) is 0 Å². The number of carbonyl (C=O) groups excluding carboxylic acids is 1. The summed E-state index contributed by atoms with van der Waals surface area (Å²) < 4.78 is 6.12. The highest BCUT2D eigenvalue weighted by Gasteiger charge is 2.34. The largest absolute Gasteiger partial charge is 0.371 e. The molecule has 4 atom stereocenters. The van der Waals surface area contributed by atoms with E-state index in [2.05, 4.69) is 47.0 Å². The summed E-state index contributed by atoms with van der Waals surface area (Å²) in [7, 11) is 0. The number of hydrogen-bond acceptors (Lipinski definition) is 3. The lowest BCUT2D eigenvalue weighted by Crippen LogP contribution is -2.48. The lowest BCUT2D eigenvalue weighted by atomic mass is 10.1. The Morgan fingerprint density at radius 3 is 2.48 bits per heavy atom. The van der Waals surface area contributed by atoms with E-state index >= 15 is 0 Å². The van der Waals surface area contributed by atoms with Gasteiger partial charge in [0.15, 0.2) is 0 Å². The number of hydrogen-bond donors (Lipinski definition) is 2. The highest BCUT2D eigenvalue weighted by atomic mass is 16.5. The van der Waals surface area contributed by atoms with E-state index < -0.39 is 0 Å². The Kier molecular flexibility index (Phi) is 5.85. The van der Waals surface area contributed by atoms with E-state index in [4.69, 9.17) is 4.74 Å². The summed E-state index contributed by atoms with van der Waals surface area (Å²) in [5.74, 6) is 0.119. The van der Waals surface area contributed by atoms with Crippen LogP contribution in [0.5, 0.6) is 0 Å². The molecule has 2 aromatic rings. The summed E-state index contributed by atoms with van der Waals surface area (Å²) in [5, 5.41) is 6.75. The minimum absolute atomic E-state index is 0.106. The van der Waals surface area contributed by atoms with Gasteiger partial charge < -0.3 is 10.1 Å². The first-order valence-corrected chi connectivity index (χ1v) is 10.1. The van der Waals surface area contributed by atoms with Gasteiger partial charge in [0.05, 0.1) is 24.8 Å². The number of carbonyl (C=O) groups is 1. The number of nitrogens with one attached hydrogen (secondary N) is 2. The van der Waals surface area contributed by atoms with Gasteiger partial charge in [-0.15, -0.1) is 0 Å². The van der Waals surface area contributed by atoms with Crippen LogP contribution < -0.4 is 10.6 Å². The van der Waals surface area contributed by atoms with Crippen LogP contribution in [-0.4, -0.2) is 24.1 Å². The molecule has 142 valence electrons. The van der Waals surface area contributed by atoms with Crippen molar-refractivity contribution in [1.29, 1.82) is 0 Å². The van der Waals surface area contributed by atoms with Crippen molar-refractivity contribution < 1.29 is 9.53 Å². The Labute approximate surface area is 161 Å². The Morgan fingerprint density at radius 1 is 0.963 bits per heavy atom. The standard InChI is InChI=1S/C23H28N2O2/c26-23(21-15-14-19(24-21)18-10-5-2-6-11-18)25-20-12-7-13-22(20)27-16-17-8-3-1-4-9-17/h1-6,8-11,19-22,24H,7,12-16H2,(H,25,26)/t19-,20-,21-,22-/m1/s1. The average molecular weight is 364 g/mol. The Bertz CT molecular complexity index is 735. The Balaban J connectivity index is 1.28. The molecule has 1 aliphatic carbocycles. The predicted octanol–water partition coefficient (Wildman–Crippen LogP) is 3.73. The van der Waals surface area contributed by atoms with Crippen molar-refractivity contribution in [2.75, 3.05) is 0 Å². The van der Waals surface area contributed by atoms with Gasteiger partial charge in [0, 0.05) is 6.04 Å². The average Bonchev–Trinajstić information content (AvgIpc) is 3.38. The molecule has 4 rings (SSSR count). The topological polar surface area (TPSA) is 50.4 Å². The minimum atomic E-state index is -0.106. The van der Waals surface area contributed by atoms with Crippen LogP contribution in [0.25, 0.3) is 0 Å². The molecule has 0 aromatic heterocycles. The van der Waals surface area contributed by atoms with Crippen molar-refractivity contribution in [1.82, 2.24) is 10.6 Å². The van der Waals surface area contributed by atoms with Gasteiger partial charge >= 0.3 is 0 Å². The van der Waals surface area contributed by atoms with E-state index in [1.807, 2.05) is 24.3 Å². The molecule has 1 aliphatic heterocycles. The van der Waals surface area contributed by atoms with Gasteiger partial charge in [-0.05, 0) is 43.2 Å². The molecule has 1 heterocycles. The molecule has 2 fully saturated rings. The van der Waals surface area contributed by atoms with Gasteiger partial charge in [-0.25, -0.2) is 0 Å². The van der Waals surface area contributed by atoms with Gasteiger partial charge in [0.25, 0.3) is 0 Å². The van der Waals surface area contributed by atoms with Crippen LogP contribution >= 0.6 is 0 Å². The highest BCUT2D eigenvalue weighted by Crippen LogP contribution is 2.28. The van der Waals surface area contributed by atoms with E-state index in [-0.39, 0.29) is 30.1 Å². The van der Waals surface area contributed by atoms with Crippen LogP contribution in [0.3, 0.4) is 0 Å². The number of ether oxygens (including phenoxy) is 1. The van der Waals surface area contributed by atoms with Crippen LogP contribution in [0.2, 0.25) is 0 Å². The van der Waals surface area contributed by atoms with Gasteiger partial charge in [-0.1, -0.05) is 60.7 Å². The van der Waals surface area contributed by atoms with E-state index in [0.29, 0.717) is 6.61 Å². The number of benzene rings is 2. The monoisotopic (exact) mass is 364 g/mol. The Hall–Kier alpha value is -2.17. The summed E-state index contributed by atoms with van der Waals surface area (Å²) in [5.41, 5.74) is 2.44. The van der Waals surface area contributed by atoms with Crippen molar-refractivity contribution >= 4 is 5.91 Å². The molecule has 0 unspecified atom stereocenters.